The Kier molecular flexibility index (Phi) is 6.17. The Morgan fingerprint density at radius 2 is 2.00 bits per heavy atom. The van der Waals surface area contributed by atoms with E-state index in [-0.39, 0.29) is 11.9 Å². The number of rotatable bonds is 6. The lowest BCUT2D eigenvalue weighted by molar-refractivity contribution is 0.0935. The Morgan fingerprint density at radius 1 is 1.27 bits per heavy atom. The first-order valence-corrected chi connectivity index (χ1v) is 9.29. The first kappa shape index (κ1) is 18.3. The minimum Gasteiger partial charge on any atom is -0.357 e. The number of aromatic nitrogens is 2. The van der Waals surface area contributed by atoms with Crippen molar-refractivity contribution in [3.8, 4) is 0 Å². The second-order valence-corrected chi connectivity index (χ2v) is 6.71. The Bertz CT molecular complexity index is 715. The van der Waals surface area contributed by atoms with Crippen molar-refractivity contribution in [2.45, 2.75) is 38.3 Å². The third-order valence-corrected chi connectivity index (χ3v) is 5.05. The average molecular weight is 353 g/mol. The third-order valence-electron chi connectivity index (χ3n) is 5.05. The van der Waals surface area contributed by atoms with Crippen molar-refractivity contribution in [2.75, 3.05) is 25.0 Å². The molecule has 1 saturated heterocycles. The van der Waals surface area contributed by atoms with Crippen molar-refractivity contribution in [3.05, 3.63) is 54.0 Å². The van der Waals surface area contributed by atoms with E-state index in [0.29, 0.717) is 11.6 Å². The molecule has 1 amide bonds. The van der Waals surface area contributed by atoms with Gasteiger partial charge in [-0.05, 0) is 62.2 Å². The summed E-state index contributed by atoms with van der Waals surface area (Å²) in [5, 5.41) is 6.52. The molecular weight excluding hydrogens is 326 g/mol. The van der Waals surface area contributed by atoms with Crippen molar-refractivity contribution >= 4 is 11.7 Å². The topological polar surface area (TPSA) is 70.2 Å². The Labute approximate surface area is 155 Å². The van der Waals surface area contributed by atoms with Gasteiger partial charge in [-0.1, -0.05) is 6.92 Å². The number of piperidine rings is 1. The van der Waals surface area contributed by atoms with Crippen LogP contribution >= 0.6 is 0 Å². The van der Waals surface area contributed by atoms with E-state index in [1.165, 1.54) is 0 Å². The molecule has 6 nitrogen and oxygen atoms in total. The minimum atomic E-state index is -0.0793. The molecule has 0 spiro atoms. The number of carbonyl (C=O) groups excluding carboxylic acids is 1. The molecule has 26 heavy (non-hydrogen) atoms. The summed E-state index contributed by atoms with van der Waals surface area (Å²) >= 11 is 0. The number of carbonyl (C=O) groups is 1. The van der Waals surface area contributed by atoms with Crippen molar-refractivity contribution in [1.29, 1.82) is 0 Å². The second kappa shape index (κ2) is 8.76. The SMILES string of the molecule is CC[C@H](NC(=O)c1ccncc1)c1ccnc(N(C)C2CCNCC2)c1. The van der Waals surface area contributed by atoms with E-state index in [1.807, 2.05) is 12.3 Å². The smallest absolute Gasteiger partial charge is 0.251 e. The molecule has 1 aliphatic rings. The number of anilines is 1. The summed E-state index contributed by atoms with van der Waals surface area (Å²) in [5.41, 5.74) is 1.71. The maximum atomic E-state index is 12.5. The molecular formula is C20H27N5O. The van der Waals surface area contributed by atoms with E-state index < -0.39 is 0 Å². The highest BCUT2D eigenvalue weighted by Crippen LogP contribution is 2.23. The molecule has 0 bridgehead atoms. The fourth-order valence-corrected chi connectivity index (χ4v) is 3.39. The largest absolute Gasteiger partial charge is 0.357 e. The lowest BCUT2D eigenvalue weighted by Crippen LogP contribution is -2.41. The number of hydrogen-bond donors (Lipinski definition) is 2. The Morgan fingerprint density at radius 3 is 2.69 bits per heavy atom. The van der Waals surface area contributed by atoms with Crippen LogP contribution in [0.3, 0.4) is 0 Å². The molecule has 0 saturated carbocycles. The van der Waals surface area contributed by atoms with Gasteiger partial charge in [-0.2, -0.15) is 0 Å². The van der Waals surface area contributed by atoms with Crippen LogP contribution in [0.5, 0.6) is 0 Å². The fourth-order valence-electron chi connectivity index (χ4n) is 3.39. The molecule has 2 aromatic heterocycles. The highest BCUT2D eigenvalue weighted by molar-refractivity contribution is 5.94. The van der Waals surface area contributed by atoms with Crippen molar-refractivity contribution in [1.82, 2.24) is 20.6 Å². The molecule has 1 fully saturated rings. The zero-order valence-electron chi connectivity index (χ0n) is 15.5. The van der Waals surface area contributed by atoms with Crippen LogP contribution in [0.1, 0.15) is 48.1 Å². The quantitative estimate of drug-likeness (QED) is 0.835. The van der Waals surface area contributed by atoms with Gasteiger partial charge < -0.3 is 15.5 Å². The van der Waals surface area contributed by atoms with E-state index in [4.69, 9.17) is 0 Å². The molecule has 3 rings (SSSR count). The van der Waals surface area contributed by atoms with Crippen molar-refractivity contribution in [2.24, 2.45) is 0 Å². The van der Waals surface area contributed by atoms with Crippen LogP contribution in [0.4, 0.5) is 5.82 Å². The predicted octanol–water partition coefficient (Wildman–Crippen LogP) is 2.55. The van der Waals surface area contributed by atoms with Gasteiger partial charge in [0.05, 0.1) is 6.04 Å². The standard InChI is InChI=1S/C20H27N5O/c1-3-18(24-20(26)15-4-9-21-10-5-15)16-6-13-23-19(14-16)25(2)17-7-11-22-12-8-17/h4-6,9-10,13-14,17-18,22H,3,7-8,11-12H2,1-2H3,(H,24,26)/t18-/m0/s1. The average Bonchev–Trinajstić information content (AvgIpc) is 2.72. The monoisotopic (exact) mass is 353 g/mol. The van der Waals surface area contributed by atoms with Crippen LogP contribution < -0.4 is 15.5 Å². The summed E-state index contributed by atoms with van der Waals surface area (Å²) in [5.74, 6) is 0.885. The second-order valence-electron chi connectivity index (χ2n) is 6.71. The molecule has 138 valence electrons. The predicted molar refractivity (Wildman–Crippen MR) is 103 cm³/mol. The van der Waals surface area contributed by atoms with E-state index >= 15 is 0 Å². The summed E-state index contributed by atoms with van der Waals surface area (Å²) < 4.78 is 0. The van der Waals surface area contributed by atoms with Crippen LogP contribution in [0.2, 0.25) is 0 Å². The zero-order chi connectivity index (χ0) is 18.4. The fraction of sp³-hybridized carbons (Fsp3) is 0.450. The third kappa shape index (κ3) is 4.38. The van der Waals surface area contributed by atoms with Gasteiger partial charge in [0.25, 0.3) is 5.91 Å². The van der Waals surface area contributed by atoms with Gasteiger partial charge >= 0.3 is 0 Å². The highest BCUT2D eigenvalue weighted by Gasteiger charge is 2.20. The van der Waals surface area contributed by atoms with E-state index in [9.17, 15) is 4.79 Å². The Hall–Kier alpha value is -2.47. The summed E-state index contributed by atoms with van der Waals surface area (Å²) in [6.07, 6.45) is 8.17. The maximum absolute atomic E-state index is 12.5. The number of nitrogens with one attached hydrogen (secondary N) is 2. The molecule has 2 N–H and O–H groups in total. The van der Waals surface area contributed by atoms with Gasteiger partial charge in [0.2, 0.25) is 0 Å². The molecule has 0 unspecified atom stereocenters. The normalized spacial score (nSPS) is 16.1. The van der Waals surface area contributed by atoms with Gasteiger partial charge in [-0.3, -0.25) is 9.78 Å². The lowest BCUT2D eigenvalue weighted by atomic mass is 10.0. The molecule has 0 radical (unpaired) electrons. The van der Waals surface area contributed by atoms with Crippen molar-refractivity contribution < 1.29 is 4.79 Å². The molecule has 2 aromatic rings. The van der Waals surface area contributed by atoms with E-state index in [0.717, 1.165) is 43.7 Å². The summed E-state index contributed by atoms with van der Waals surface area (Å²) in [4.78, 5) is 23.3. The van der Waals surface area contributed by atoms with Crippen LogP contribution in [-0.4, -0.2) is 42.1 Å². The zero-order valence-corrected chi connectivity index (χ0v) is 15.5. The molecule has 6 heteroatoms. The van der Waals surface area contributed by atoms with Gasteiger partial charge in [-0.15, -0.1) is 0 Å². The lowest BCUT2D eigenvalue weighted by Gasteiger charge is -2.33. The van der Waals surface area contributed by atoms with Crippen LogP contribution in [-0.2, 0) is 0 Å². The molecule has 1 aliphatic heterocycles. The first-order chi connectivity index (χ1) is 12.7. The number of hydrogen-bond acceptors (Lipinski definition) is 5. The number of nitrogens with zero attached hydrogens (tertiary/aromatic N) is 3. The van der Waals surface area contributed by atoms with E-state index in [2.05, 4.69) is 45.5 Å². The summed E-state index contributed by atoms with van der Waals surface area (Å²) in [6.45, 7) is 4.18. The number of pyridine rings is 2. The minimum absolute atomic E-state index is 0.0427. The molecule has 3 heterocycles. The number of amides is 1. The maximum Gasteiger partial charge on any atom is 0.251 e. The van der Waals surface area contributed by atoms with Crippen LogP contribution in [0.25, 0.3) is 0 Å². The summed E-state index contributed by atoms with van der Waals surface area (Å²) in [7, 11) is 2.11. The van der Waals surface area contributed by atoms with Gasteiger partial charge in [0, 0.05) is 37.2 Å². The molecule has 0 aliphatic carbocycles. The Balaban J connectivity index is 1.73. The summed E-state index contributed by atoms with van der Waals surface area (Å²) in [6, 6.07) is 8.00. The van der Waals surface area contributed by atoms with Crippen LogP contribution in [0.15, 0.2) is 42.9 Å². The van der Waals surface area contributed by atoms with E-state index in [1.54, 1.807) is 24.5 Å². The van der Waals surface area contributed by atoms with Crippen molar-refractivity contribution in [3.63, 3.8) is 0 Å². The first-order valence-electron chi connectivity index (χ1n) is 9.29. The van der Waals surface area contributed by atoms with Gasteiger partial charge in [0.15, 0.2) is 0 Å². The van der Waals surface area contributed by atoms with Gasteiger partial charge in [0.1, 0.15) is 5.82 Å². The molecule has 0 aromatic carbocycles. The van der Waals surface area contributed by atoms with Crippen LogP contribution in [0, 0.1) is 0 Å². The van der Waals surface area contributed by atoms with Gasteiger partial charge in [-0.25, -0.2) is 4.98 Å². The molecule has 1 atom stereocenters. The highest BCUT2D eigenvalue weighted by atomic mass is 16.1.